The molecular weight excluding hydrogens is 168 g/mol. The fraction of sp³-hybridized carbons (Fsp3) is 0.889. The lowest BCUT2D eigenvalue weighted by Crippen LogP contribution is -2.36. The van der Waals surface area contributed by atoms with Crippen LogP contribution in [0.3, 0.4) is 0 Å². The van der Waals surface area contributed by atoms with Crippen LogP contribution in [-0.2, 0) is 4.79 Å². The topological polar surface area (TPSA) is 61.4 Å². The van der Waals surface area contributed by atoms with Crippen molar-refractivity contribution < 1.29 is 9.90 Å². The largest absolute Gasteiger partial charge is 0.396 e. The highest BCUT2D eigenvalue weighted by molar-refractivity contribution is 5.77. The number of carbonyl (C=O) groups is 1. The van der Waals surface area contributed by atoms with E-state index in [1.807, 2.05) is 13.8 Å². The third kappa shape index (κ3) is 7.74. The first-order chi connectivity index (χ1) is 6.20. The van der Waals surface area contributed by atoms with Crippen LogP contribution in [0.25, 0.3) is 0 Å². The summed E-state index contributed by atoms with van der Waals surface area (Å²) in [6.07, 6.45) is 0.957. The third-order valence-corrected chi connectivity index (χ3v) is 1.66. The number of aliphatic hydroxyl groups is 1. The minimum absolute atomic E-state index is 0.0204. The smallest absolute Gasteiger partial charge is 0.233 e. The van der Waals surface area contributed by atoms with Crippen molar-refractivity contribution >= 4 is 5.91 Å². The zero-order valence-corrected chi connectivity index (χ0v) is 8.47. The van der Waals surface area contributed by atoms with Crippen molar-refractivity contribution in [1.29, 1.82) is 0 Å². The Morgan fingerprint density at radius 3 is 2.77 bits per heavy atom. The predicted molar refractivity (Wildman–Crippen MR) is 52.4 cm³/mol. The Morgan fingerprint density at radius 2 is 2.23 bits per heavy atom. The standard InChI is InChI=1S/C9H20N2O2/c1-3-4-11-9(13)6-10-5-8(2)7-12/h8,10,12H,3-7H2,1-2H3,(H,11,13). The Labute approximate surface area is 79.7 Å². The lowest BCUT2D eigenvalue weighted by atomic mass is 10.2. The van der Waals surface area contributed by atoms with Crippen LogP contribution in [0.15, 0.2) is 0 Å². The van der Waals surface area contributed by atoms with Crippen molar-refractivity contribution in [2.75, 3.05) is 26.2 Å². The molecule has 0 fully saturated rings. The zero-order valence-electron chi connectivity index (χ0n) is 8.47. The highest BCUT2D eigenvalue weighted by Gasteiger charge is 2.01. The van der Waals surface area contributed by atoms with Gasteiger partial charge in [0.05, 0.1) is 6.54 Å². The molecule has 0 rings (SSSR count). The van der Waals surface area contributed by atoms with Crippen molar-refractivity contribution in [2.45, 2.75) is 20.3 Å². The Morgan fingerprint density at radius 1 is 1.54 bits per heavy atom. The molecule has 0 aliphatic heterocycles. The highest BCUT2D eigenvalue weighted by atomic mass is 16.3. The molecule has 13 heavy (non-hydrogen) atoms. The zero-order chi connectivity index (χ0) is 10.1. The Hall–Kier alpha value is -0.610. The minimum atomic E-state index is 0.0204. The Balaban J connectivity index is 3.26. The molecule has 0 aromatic rings. The summed E-state index contributed by atoms with van der Waals surface area (Å²) in [6, 6.07) is 0. The first-order valence-corrected chi connectivity index (χ1v) is 4.79. The summed E-state index contributed by atoms with van der Waals surface area (Å²) in [5.41, 5.74) is 0. The van der Waals surface area contributed by atoms with Crippen LogP contribution in [0, 0.1) is 5.92 Å². The Kier molecular flexibility index (Phi) is 7.63. The highest BCUT2D eigenvalue weighted by Crippen LogP contribution is 1.87. The fourth-order valence-corrected chi connectivity index (χ4v) is 0.824. The molecule has 78 valence electrons. The van der Waals surface area contributed by atoms with Crippen molar-refractivity contribution in [3.8, 4) is 0 Å². The van der Waals surface area contributed by atoms with Crippen LogP contribution in [0.4, 0.5) is 0 Å². The number of rotatable bonds is 7. The van der Waals surface area contributed by atoms with Crippen LogP contribution in [0.2, 0.25) is 0 Å². The second-order valence-corrected chi connectivity index (χ2v) is 3.27. The molecule has 0 bridgehead atoms. The van der Waals surface area contributed by atoms with E-state index in [4.69, 9.17) is 5.11 Å². The second kappa shape index (κ2) is 8.01. The van der Waals surface area contributed by atoms with E-state index in [0.717, 1.165) is 13.0 Å². The third-order valence-electron chi connectivity index (χ3n) is 1.66. The molecule has 1 atom stereocenters. The molecule has 1 unspecified atom stereocenters. The molecule has 0 spiro atoms. The number of hydrogen-bond acceptors (Lipinski definition) is 3. The van der Waals surface area contributed by atoms with Gasteiger partial charge in [0.25, 0.3) is 0 Å². The number of amides is 1. The normalized spacial score (nSPS) is 12.5. The van der Waals surface area contributed by atoms with Crippen molar-refractivity contribution in [3.63, 3.8) is 0 Å². The summed E-state index contributed by atoms with van der Waals surface area (Å²) in [5.74, 6) is 0.228. The predicted octanol–water partition coefficient (Wildman–Crippen LogP) is -0.269. The maximum atomic E-state index is 11.0. The van der Waals surface area contributed by atoms with Gasteiger partial charge in [0.15, 0.2) is 0 Å². The van der Waals surface area contributed by atoms with E-state index in [0.29, 0.717) is 13.1 Å². The summed E-state index contributed by atoms with van der Waals surface area (Å²) in [4.78, 5) is 11.0. The molecule has 4 heteroatoms. The molecule has 1 amide bonds. The molecule has 0 aromatic carbocycles. The lowest BCUT2D eigenvalue weighted by Gasteiger charge is -2.09. The molecule has 4 nitrogen and oxygen atoms in total. The summed E-state index contributed by atoms with van der Waals surface area (Å²) < 4.78 is 0. The maximum Gasteiger partial charge on any atom is 0.233 e. The van der Waals surface area contributed by atoms with E-state index in [2.05, 4.69) is 10.6 Å². The van der Waals surface area contributed by atoms with Gasteiger partial charge in [-0.15, -0.1) is 0 Å². The van der Waals surface area contributed by atoms with E-state index in [1.165, 1.54) is 0 Å². The molecule has 0 aliphatic carbocycles. The first kappa shape index (κ1) is 12.4. The van der Waals surface area contributed by atoms with Gasteiger partial charge in [0.2, 0.25) is 5.91 Å². The van der Waals surface area contributed by atoms with Gasteiger partial charge in [-0.2, -0.15) is 0 Å². The van der Waals surface area contributed by atoms with E-state index in [-0.39, 0.29) is 18.4 Å². The molecule has 0 aromatic heterocycles. The van der Waals surface area contributed by atoms with E-state index in [1.54, 1.807) is 0 Å². The van der Waals surface area contributed by atoms with Gasteiger partial charge in [-0.3, -0.25) is 4.79 Å². The van der Waals surface area contributed by atoms with Crippen LogP contribution in [-0.4, -0.2) is 37.3 Å². The number of hydrogen-bond donors (Lipinski definition) is 3. The lowest BCUT2D eigenvalue weighted by molar-refractivity contribution is -0.120. The summed E-state index contributed by atoms with van der Waals surface area (Å²) in [5, 5.41) is 14.4. The number of aliphatic hydroxyl groups excluding tert-OH is 1. The van der Waals surface area contributed by atoms with Crippen molar-refractivity contribution in [2.24, 2.45) is 5.92 Å². The van der Waals surface area contributed by atoms with Crippen LogP contribution in [0.1, 0.15) is 20.3 Å². The van der Waals surface area contributed by atoms with E-state index >= 15 is 0 Å². The number of carbonyl (C=O) groups excluding carboxylic acids is 1. The SMILES string of the molecule is CCCNC(=O)CNCC(C)CO. The Bertz CT molecular complexity index is 140. The average Bonchev–Trinajstić information content (AvgIpc) is 2.14. The van der Waals surface area contributed by atoms with E-state index < -0.39 is 0 Å². The molecule has 0 heterocycles. The van der Waals surface area contributed by atoms with Gasteiger partial charge in [0, 0.05) is 19.7 Å². The maximum absolute atomic E-state index is 11.0. The van der Waals surface area contributed by atoms with Gasteiger partial charge >= 0.3 is 0 Å². The molecule has 3 N–H and O–H groups in total. The quantitative estimate of drug-likeness (QED) is 0.515. The second-order valence-electron chi connectivity index (χ2n) is 3.27. The van der Waals surface area contributed by atoms with Gasteiger partial charge < -0.3 is 15.7 Å². The van der Waals surface area contributed by atoms with Gasteiger partial charge in [-0.05, 0) is 12.3 Å². The molecular formula is C9H20N2O2. The number of nitrogens with one attached hydrogen (secondary N) is 2. The summed E-state index contributed by atoms with van der Waals surface area (Å²) in [7, 11) is 0. The molecule has 0 saturated heterocycles. The summed E-state index contributed by atoms with van der Waals surface area (Å²) in [6.45, 7) is 5.85. The summed E-state index contributed by atoms with van der Waals surface area (Å²) >= 11 is 0. The van der Waals surface area contributed by atoms with Gasteiger partial charge in [0.1, 0.15) is 0 Å². The van der Waals surface area contributed by atoms with Gasteiger partial charge in [-0.25, -0.2) is 0 Å². The van der Waals surface area contributed by atoms with Gasteiger partial charge in [-0.1, -0.05) is 13.8 Å². The van der Waals surface area contributed by atoms with E-state index in [9.17, 15) is 4.79 Å². The molecule has 0 saturated carbocycles. The van der Waals surface area contributed by atoms with Crippen LogP contribution >= 0.6 is 0 Å². The fourth-order valence-electron chi connectivity index (χ4n) is 0.824. The van der Waals surface area contributed by atoms with Crippen LogP contribution in [0.5, 0.6) is 0 Å². The first-order valence-electron chi connectivity index (χ1n) is 4.79. The van der Waals surface area contributed by atoms with Crippen molar-refractivity contribution in [3.05, 3.63) is 0 Å². The van der Waals surface area contributed by atoms with Crippen molar-refractivity contribution in [1.82, 2.24) is 10.6 Å². The van der Waals surface area contributed by atoms with Crippen LogP contribution < -0.4 is 10.6 Å². The monoisotopic (exact) mass is 188 g/mol. The average molecular weight is 188 g/mol. The minimum Gasteiger partial charge on any atom is -0.396 e. The molecule has 0 aliphatic rings. The molecule has 0 radical (unpaired) electrons.